The molecule has 0 aliphatic heterocycles. The topological polar surface area (TPSA) is 77.8 Å². The third kappa shape index (κ3) is 4.01. The minimum atomic E-state index is -4.62. The molecule has 31 heavy (non-hydrogen) atoms. The number of aromatic nitrogens is 3. The highest BCUT2D eigenvalue weighted by Gasteiger charge is 2.38. The molecule has 1 aromatic carbocycles. The highest BCUT2D eigenvalue weighted by molar-refractivity contribution is 6.00. The lowest BCUT2D eigenvalue weighted by Gasteiger charge is -2.18. The standard InChI is InChI=1S/C21H21F3N4O3/c1-11(14-8-13(30-2)6-7-17(14)31-3)26-20(29)15-10-25-28-18(21(22,23)24)9-16(12-4-5-12)27-19(15)28/h6-12H,4-5H2,1-3H3,(H,26,29). The lowest BCUT2D eigenvalue weighted by atomic mass is 10.1. The van der Waals surface area contributed by atoms with Crippen LogP contribution < -0.4 is 14.8 Å². The summed E-state index contributed by atoms with van der Waals surface area (Å²) in [7, 11) is 3.03. The van der Waals surface area contributed by atoms with Crippen molar-refractivity contribution in [2.75, 3.05) is 14.2 Å². The van der Waals surface area contributed by atoms with Crippen LogP contribution in [0.4, 0.5) is 13.2 Å². The first-order chi connectivity index (χ1) is 14.7. The number of benzene rings is 1. The molecule has 1 aliphatic carbocycles. The SMILES string of the molecule is COc1ccc(OC)c(C(C)NC(=O)c2cnn3c(C(F)(F)F)cc(C4CC4)nc23)c1. The normalized spacial score (nSPS) is 15.0. The minimum absolute atomic E-state index is 0.0168. The molecule has 0 bridgehead atoms. The molecule has 0 saturated heterocycles. The third-order valence-corrected chi connectivity index (χ3v) is 5.27. The summed E-state index contributed by atoms with van der Waals surface area (Å²) in [5.41, 5.74) is -0.0899. The Bertz CT molecular complexity index is 1140. The summed E-state index contributed by atoms with van der Waals surface area (Å²) in [6, 6.07) is 5.67. The summed E-state index contributed by atoms with van der Waals surface area (Å²) in [5.74, 6) is 0.526. The maximum atomic E-state index is 13.6. The van der Waals surface area contributed by atoms with Crippen LogP contribution in [0.25, 0.3) is 5.65 Å². The zero-order valence-electron chi connectivity index (χ0n) is 17.2. The second-order valence-corrected chi connectivity index (χ2v) is 7.43. The summed E-state index contributed by atoms with van der Waals surface area (Å²) in [4.78, 5) is 17.3. The van der Waals surface area contributed by atoms with Gasteiger partial charge < -0.3 is 14.8 Å². The van der Waals surface area contributed by atoms with Gasteiger partial charge >= 0.3 is 6.18 Å². The zero-order chi connectivity index (χ0) is 22.3. The van der Waals surface area contributed by atoms with Gasteiger partial charge in [0.2, 0.25) is 0 Å². The molecule has 1 atom stereocenters. The molecular weight excluding hydrogens is 413 g/mol. The number of fused-ring (bicyclic) bond motifs is 1. The number of amides is 1. The van der Waals surface area contributed by atoms with Crippen LogP contribution in [0.1, 0.15) is 59.0 Å². The van der Waals surface area contributed by atoms with E-state index in [2.05, 4.69) is 15.4 Å². The predicted octanol–water partition coefficient (Wildman–Crippen LogP) is 4.13. The molecule has 1 amide bonds. The number of ether oxygens (including phenoxy) is 2. The fraction of sp³-hybridized carbons (Fsp3) is 0.381. The average Bonchev–Trinajstić information content (AvgIpc) is 3.50. The zero-order valence-corrected chi connectivity index (χ0v) is 17.2. The van der Waals surface area contributed by atoms with E-state index < -0.39 is 23.8 Å². The monoisotopic (exact) mass is 434 g/mol. The molecule has 1 saturated carbocycles. The van der Waals surface area contributed by atoms with Crippen molar-refractivity contribution in [1.29, 1.82) is 0 Å². The molecule has 3 aromatic rings. The molecule has 0 radical (unpaired) electrons. The van der Waals surface area contributed by atoms with Gasteiger partial charge in [-0.15, -0.1) is 0 Å². The van der Waals surface area contributed by atoms with Crippen LogP contribution in [-0.4, -0.2) is 34.7 Å². The van der Waals surface area contributed by atoms with E-state index in [0.717, 1.165) is 25.1 Å². The summed E-state index contributed by atoms with van der Waals surface area (Å²) in [6.07, 6.45) is -1.95. The van der Waals surface area contributed by atoms with Gasteiger partial charge in [0, 0.05) is 17.2 Å². The van der Waals surface area contributed by atoms with Crippen molar-refractivity contribution in [2.24, 2.45) is 0 Å². The van der Waals surface area contributed by atoms with Gasteiger partial charge in [0.25, 0.3) is 5.91 Å². The Kier molecular flexibility index (Phi) is 5.24. The largest absolute Gasteiger partial charge is 0.497 e. The Hall–Kier alpha value is -3.30. The van der Waals surface area contributed by atoms with Gasteiger partial charge in [-0.05, 0) is 44.0 Å². The van der Waals surface area contributed by atoms with Crippen LogP contribution in [0.15, 0.2) is 30.5 Å². The summed E-state index contributed by atoms with van der Waals surface area (Å²) >= 11 is 0. The minimum Gasteiger partial charge on any atom is -0.497 e. The van der Waals surface area contributed by atoms with Crippen molar-refractivity contribution < 1.29 is 27.4 Å². The fourth-order valence-corrected chi connectivity index (χ4v) is 3.46. The van der Waals surface area contributed by atoms with Crippen molar-refractivity contribution >= 4 is 11.6 Å². The molecule has 2 heterocycles. The molecule has 0 spiro atoms. The number of methoxy groups -OCH3 is 2. The van der Waals surface area contributed by atoms with E-state index in [1.807, 2.05) is 0 Å². The van der Waals surface area contributed by atoms with Crippen molar-refractivity contribution in [1.82, 2.24) is 19.9 Å². The van der Waals surface area contributed by atoms with Crippen LogP contribution in [0.3, 0.4) is 0 Å². The van der Waals surface area contributed by atoms with Crippen LogP contribution in [-0.2, 0) is 6.18 Å². The molecule has 4 rings (SSSR count). The van der Waals surface area contributed by atoms with Crippen molar-refractivity contribution in [3.05, 3.63) is 53.0 Å². The number of nitrogens with zero attached hydrogens (tertiary/aromatic N) is 3. The van der Waals surface area contributed by atoms with E-state index in [1.54, 1.807) is 25.1 Å². The Balaban J connectivity index is 1.69. The molecule has 1 N–H and O–H groups in total. The molecule has 2 aromatic heterocycles. The van der Waals surface area contributed by atoms with E-state index in [-0.39, 0.29) is 17.1 Å². The second-order valence-electron chi connectivity index (χ2n) is 7.43. The number of halogens is 3. The van der Waals surface area contributed by atoms with Gasteiger partial charge in [-0.25, -0.2) is 9.50 Å². The van der Waals surface area contributed by atoms with Gasteiger partial charge in [-0.3, -0.25) is 4.79 Å². The molecule has 1 fully saturated rings. The van der Waals surface area contributed by atoms with Crippen molar-refractivity contribution in [2.45, 2.75) is 37.9 Å². The first-order valence-electron chi connectivity index (χ1n) is 9.71. The fourth-order valence-electron chi connectivity index (χ4n) is 3.46. The number of carbonyl (C=O) groups excluding carboxylic acids is 1. The quantitative estimate of drug-likeness (QED) is 0.631. The van der Waals surface area contributed by atoms with Gasteiger partial charge in [0.05, 0.1) is 26.5 Å². The Morgan fingerprint density at radius 3 is 2.58 bits per heavy atom. The molecule has 1 aliphatic rings. The predicted molar refractivity (Wildman–Crippen MR) is 105 cm³/mol. The first kappa shape index (κ1) is 21.0. The number of hydrogen-bond donors (Lipinski definition) is 1. The Morgan fingerprint density at radius 2 is 1.97 bits per heavy atom. The van der Waals surface area contributed by atoms with Gasteiger partial charge in [0.15, 0.2) is 5.65 Å². The van der Waals surface area contributed by atoms with Crippen molar-refractivity contribution in [3.63, 3.8) is 0 Å². The number of alkyl halides is 3. The van der Waals surface area contributed by atoms with Gasteiger partial charge in [0.1, 0.15) is 22.8 Å². The first-order valence-corrected chi connectivity index (χ1v) is 9.71. The Morgan fingerprint density at radius 1 is 1.23 bits per heavy atom. The average molecular weight is 434 g/mol. The maximum absolute atomic E-state index is 13.6. The third-order valence-electron chi connectivity index (χ3n) is 5.27. The smallest absolute Gasteiger partial charge is 0.433 e. The van der Waals surface area contributed by atoms with E-state index in [4.69, 9.17) is 9.47 Å². The van der Waals surface area contributed by atoms with E-state index in [9.17, 15) is 18.0 Å². The highest BCUT2D eigenvalue weighted by atomic mass is 19.4. The highest BCUT2D eigenvalue weighted by Crippen LogP contribution is 2.41. The summed E-state index contributed by atoms with van der Waals surface area (Å²) in [6.45, 7) is 1.74. The van der Waals surface area contributed by atoms with Crippen LogP contribution >= 0.6 is 0 Å². The van der Waals surface area contributed by atoms with E-state index in [1.165, 1.54) is 14.2 Å². The summed E-state index contributed by atoms with van der Waals surface area (Å²) < 4.78 is 51.9. The molecule has 164 valence electrons. The summed E-state index contributed by atoms with van der Waals surface area (Å²) in [5, 5.41) is 6.59. The molecular formula is C21H21F3N4O3. The number of hydrogen-bond acceptors (Lipinski definition) is 5. The molecule has 10 heteroatoms. The second kappa shape index (κ2) is 7.75. The number of rotatable bonds is 6. The lowest BCUT2D eigenvalue weighted by molar-refractivity contribution is -0.142. The van der Waals surface area contributed by atoms with Crippen molar-refractivity contribution in [3.8, 4) is 11.5 Å². The van der Waals surface area contributed by atoms with Crippen LogP contribution in [0.5, 0.6) is 11.5 Å². The van der Waals surface area contributed by atoms with Crippen LogP contribution in [0, 0.1) is 0 Å². The van der Waals surface area contributed by atoms with Gasteiger partial charge in [-0.2, -0.15) is 18.3 Å². The van der Waals surface area contributed by atoms with E-state index in [0.29, 0.717) is 27.3 Å². The Labute approximate surface area is 176 Å². The van der Waals surface area contributed by atoms with Crippen LogP contribution in [0.2, 0.25) is 0 Å². The van der Waals surface area contributed by atoms with Gasteiger partial charge in [-0.1, -0.05) is 0 Å². The number of nitrogens with one attached hydrogen (secondary N) is 1. The lowest BCUT2D eigenvalue weighted by Crippen LogP contribution is -2.27. The molecule has 7 nitrogen and oxygen atoms in total. The maximum Gasteiger partial charge on any atom is 0.433 e. The molecule has 1 unspecified atom stereocenters. The number of carbonyl (C=O) groups is 1. The van der Waals surface area contributed by atoms with E-state index >= 15 is 0 Å².